The van der Waals surface area contributed by atoms with Gasteiger partial charge in [-0.2, -0.15) is 0 Å². The topological polar surface area (TPSA) is 73.2 Å². The Bertz CT molecular complexity index is 1090. The highest BCUT2D eigenvalue weighted by molar-refractivity contribution is 8.00. The number of allylic oxidation sites excluding steroid dienone is 1. The predicted octanol–water partition coefficient (Wildman–Crippen LogP) is 3.92. The molecule has 0 aliphatic carbocycles. The van der Waals surface area contributed by atoms with Crippen LogP contribution in [0.5, 0.6) is 5.75 Å². The predicted molar refractivity (Wildman–Crippen MR) is 110 cm³/mol. The first kappa shape index (κ1) is 18.3. The molecule has 1 unspecified atom stereocenters. The Morgan fingerprint density at radius 2 is 2.21 bits per heavy atom. The zero-order valence-electron chi connectivity index (χ0n) is 15.3. The number of anilines is 1. The molecule has 7 heteroatoms. The highest BCUT2D eigenvalue weighted by Gasteiger charge is 2.23. The Hall–Kier alpha value is -3.06. The average Bonchev–Trinajstić information content (AvgIpc) is 3.04. The van der Waals surface area contributed by atoms with Crippen LogP contribution in [0.3, 0.4) is 0 Å². The molecule has 0 spiro atoms. The van der Waals surface area contributed by atoms with Crippen LogP contribution in [0.15, 0.2) is 60.3 Å². The van der Waals surface area contributed by atoms with Gasteiger partial charge in [-0.15, -0.1) is 6.58 Å². The third kappa shape index (κ3) is 3.41. The van der Waals surface area contributed by atoms with Crippen molar-refractivity contribution in [2.75, 3.05) is 11.9 Å². The lowest BCUT2D eigenvalue weighted by Crippen LogP contribution is -2.25. The molecule has 6 nitrogen and oxygen atoms in total. The fraction of sp³-hybridized carbons (Fsp3) is 0.190. The Kier molecular flexibility index (Phi) is 4.92. The van der Waals surface area contributed by atoms with Gasteiger partial charge in [-0.05, 0) is 37.3 Å². The Labute approximate surface area is 166 Å². The van der Waals surface area contributed by atoms with E-state index in [1.807, 2.05) is 37.3 Å². The molecule has 1 aliphatic rings. The van der Waals surface area contributed by atoms with Gasteiger partial charge in [-0.1, -0.05) is 30.0 Å². The number of nitrogens with one attached hydrogen (secondary N) is 1. The van der Waals surface area contributed by atoms with Crippen LogP contribution in [0, 0.1) is 0 Å². The summed E-state index contributed by atoms with van der Waals surface area (Å²) in [6.07, 6.45) is 1.82. The third-order valence-corrected chi connectivity index (χ3v) is 5.57. The number of benzene rings is 2. The van der Waals surface area contributed by atoms with E-state index >= 15 is 0 Å². The van der Waals surface area contributed by atoms with Crippen LogP contribution in [0.4, 0.5) is 5.69 Å². The minimum absolute atomic E-state index is 0.00787. The summed E-state index contributed by atoms with van der Waals surface area (Å²) in [5.74, 6) is 0.312. The van der Waals surface area contributed by atoms with Crippen LogP contribution >= 0.6 is 11.8 Å². The van der Waals surface area contributed by atoms with Crippen molar-refractivity contribution in [2.24, 2.45) is 0 Å². The maximum atomic E-state index is 13.0. The Morgan fingerprint density at radius 1 is 1.39 bits per heavy atom. The fourth-order valence-corrected chi connectivity index (χ4v) is 4.14. The normalized spacial score (nSPS) is 14.1. The smallest absolute Gasteiger partial charge is 0.262 e. The molecule has 1 amide bonds. The maximum Gasteiger partial charge on any atom is 0.262 e. The lowest BCUT2D eigenvalue weighted by molar-refractivity contribution is -0.118. The van der Waals surface area contributed by atoms with E-state index in [0.717, 1.165) is 16.2 Å². The van der Waals surface area contributed by atoms with Gasteiger partial charge in [0.05, 0.1) is 22.0 Å². The van der Waals surface area contributed by atoms with Crippen molar-refractivity contribution >= 4 is 40.2 Å². The first-order valence-corrected chi connectivity index (χ1v) is 9.78. The molecular formula is C21H19N3O3S. The standard InChI is InChI=1S/C21H19N3O3S/c1-3-10-24-17-7-5-4-6-15(17)23-21(24)28-13(2)20(26)14-8-9-18-16(11-14)22-19(25)12-27-18/h3-9,11,13H,1,10,12H2,2H3,(H,22,25). The monoisotopic (exact) mass is 393 g/mol. The number of ketones is 1. The van der Waals surface area contributed by atoms with Gasteiger partial charge in [0.15, 0.2) is 17.5 Å². The number of fused-ring (bicyclic) bond motifs is 2. The number of Topliss-reactive ketones (excluding diaryl/α,β-unsaturated/α-hetero) is 1. The number of nitrogens with zero attached hydrogens (tertiary/aromatic N) is 2. The third-order valence-electron chi connectivity index (χ3n) is 4.48. The van der Waals surface area contributed by atoms with Crippen LogP contribution in [-0.2, 0) is 11.3 Å². The van der Waals surface area contributed by atoms with E-state index in [9.17, 15) is 9.59 Å². The van der Waals surface area contributed by atoms with Crippen molar-refractivity contribution in [3.63, 3.8) is 0 Å². The molecule has 2 aromatic carbocycles. The van der Waals surface area contributed by atoms with Gasteiger partial charge in [-0.25, -0.2) is 4.98 Å². The summed E-state index contributed by atoms with van der Waals surface area (Å²) in [4.78, 5) is 29.2. The molecule has 1 aromatic heterocycles. The van der Waals surface area contributed by atoms with Crippen molar-refractivity contribution in [1.82, 2.24) is 9.55 Å². The number of imidazole rings is 1. The van der Waals surface area contributed by atoms with Crippen LogP contribution in [0.2, 0.25) is 0 Å². The number of amides is 1. The summed E-state index contributed by atoms with van der Waals surface area (Å²) >= 11 is 1.41. The van der Waals surface area contributed by atoms with Crippen molar-refractivity contribution in [3.05, 3.63) is 60.7 Å². The van der Waals surface area contributed by atoms with Crippen LogP contribution in [-0.4, -0.2) is 33.1 Å². The van der Waals surface area contributed by atoms with Crippen molar-refractivity contribution in [3.8, 4) is 5.75 Å². The first-order chi connectivity index (χ1) is 13.6. The van der Waals surface area contributed by atoms with Gasteiger partial charge in [0.25, 0.3) is 5.91 Å². The number of para-hydroxylation sites is 2. The number of rotatable bonds is 6. The second kappa shape index (κ2) is 7.52. The van der Waals surface area contributed by atoms with Crippen LogP contribution in [0.1, 0.15) is 17.3 Å². The number of hydrogen-bond donors (Lipinski definition) is 1. The molecule has 1 aliphatic heterocycles. The van der Waals surface area contributed by atoms with E-state index in [1.54, 1.807) is 18.2 Å². The van der Waals surface area contributed by atoms with E-state index in [-0.39, 0.29) is 23.5 Å². The Morgan fingerprint density at radius 3 is 3.04 bits per heavy atom. The molecule has 3 aromatic rings. The summed E-state index contributed by atoms with van der Waals surface area (Å²) in [7, 11) is 0. The van der Waals surface area contributed by atoms with Gasteiger partial charge >= 0.3 is 0 Å². The Balaban J connectivity index is 1.59. The molecule has 2 heterocycles. The molecule has 0 saturated carbocycles. The zero-order valence-corrected chi connectivity index (χ0v) is 16.2. The number of carbonyl (C=O) groups is 2. The van der Waals surface area contributed by atoms with E-state index in [4.69, 9.17) is 4.74 Å². The zero-order chi connectivity index (χ0) is 19.7. The van der Waals surface area contributed by atoms with Crippen molar-refractivity contribution in [1.29, 1.82) is 0 Å². The highest BCUT2D eigenvalue weighted by atomic mass is 32.2. The SMILES string of the molecule is C=CCn1c(SC(C)C(=O)c2ccc3c(c2)NC(=O)CO3)nc2ccccc21. The molecule has 4 rings (SSSR count). The molecule has 1 N–H and O–H groups in total. The largest absolute Gasteiger partial charge is 0.482 e. The second-order valence-electron chi connectivity index (χ2n) is 6.45. The molecular weight excluding hydrogens is 374 g/mol. The van der Waals surface area contributed by atoms with Crippen LogP contribution < -0.4 is 10.1 Å². The van der Waals surface area contributed by atoms with E-state index in [2.05, 4.69) is 21.4 Å². The first-order valence-electron chi connectivity index (χ1n) is 8.90. The molecule has 0 radical (unpaired) electrons. The van der Waals surface area contributed by atoms with Gasteiger partial charge in [-0.3, -0.25) is 9.59 Å². The molecule has 1 atom stereocenters. The highest BCUT2D eigenvalue weighted by Crippen LogP contribution is 2.32. The quantitative estimate of drug-likeness (QED) is 0.390. The van der Waals surface area contributed by atoms with E-state index < -0.39 is 0 Å². The molecule has 0 fully saturated rings. The minimum Gasteiger partial charge on any atom is -0.482 e. The summed E-state index contributed by atoms with van der Waals surface area (Å²) < 4.78 is 7.40. The van der Waals surface area contributed by atoms with Crippen molar-refractivity contribution < 1.29 is 14.3 Å². The molecule has 0 bridgehead atoms. The second-order valence-corrected chi connectivity index (χ2v) is 7.76. The average molecular weight is 393 g/mol. The van der Waals surface area contributed by atoms with E-state index in [0.29, 0.717) is 23.5 Å². The lowest BCUT2D eigenvalue weighted by Gasteiger charge is -2.19. The van der Waals surface area contributed by atoms with Crippen LogP contribution in [0.25, 0.3) is 11.0 Å². The number of aromatic nitrogens is 2. The minimum atomic E-state index is -0.348. The number of hydrogen-bond acceptors (Lipinski definition) is 5. The number of carbonyl (C=O) groups excluding carboxylic acids is 2. The lowest BCUT2D eigenvalue weighted by atomic mass is 10.1. The van der Waals surface area contributed by atoms with Crippen molar-refractivity contribution in [2.45, 2.75) is 23.9 Å². The summed E-state index contributed by atoms with van der Waals surface area (Å²) in [5.41, 5.74) is 2.95. The van der Waals surface area contributed by atoms with Gasteiger partial charge in [0, 0.05) is 12.1 Å². The number of thioether (sulfide) groups is 1. The molecule has 0 saturated heterocycles. The van der Waals surface area contributed by atoms with Gasteiger partial charge in [0.2, 0.25) is 0 Å². The van der Waals surface area contributed by atoms with E-state index in [1.165, 1.54) is 11.8 Å². The number of ether oxygens (including phenoxy) is 1. The molecule has 28 heavy (non-hydrogen) atoms. The fourth-order valence-electron chi connectivity index (χ4n) is 3.13. The molecule has 142 valence electrons. The summed E-state index contributed by atoms with van der Waals surface area (Å²) in [5, 5.41) is 3.16. The summed E-state index contributed by atoms with van der Waals surface area (Å²) in [6, 6.07) is 13.0. The summed E-state index contributed by atoms with van der Waals surface area (Å²) in [6.45, 7) is 6.29. The van der Waals surface area contributed by atoms with Gasteiger partial charge in [0.1, 0.15) is 5.75 Å². The van der Waals surface area contributed by atoms with Gasteiger partial charge < -0.3 is 14.6 Å². The maximum absolute atomic E-state index is 13.0.